The van der Waals surface area contributed by atoms with Crippen molar-refractivity contribution in [3.63, 3.8) is 0 Å². The number of ether oxygens (including phenoxy) is 1. The summed E-state index contributed by atoms with van der Waals surface area (Å²) in [6.45, 7) is 3.75. The van der Waals surface area contributed by atoms with E-state index >= 15 is 0 Å². The fourth-order valence-corrected chi connectivity index (χ4v) is 3.10. The van der Waals surface area contributed by atoms with Gasteiger partial charge in [0.25, 0.3) is 5.91 Å². The summed E-state index contributed by atoms with van der Waals surface area (Å²) in [5, 5.41) is 12.0. The van der Waals surface area contributed by atoms with Gasteiger partial charge in [-0.25, -0.2) is 4.79 Å². The molecule has 2 aromatic rings. The van der Waals surface area contributed by atoms with Crippen molar-refractivity contribution in [2.75, 3.05) is 7.11 Å². The maximum Gasteiger partial charge on any atom is 0.329 e. The maximum atomic E-state index is 12.4. The topological polar surface area (TPSA) is 105 Å². The highest BCUT2D eigenvalue weighted by Gasteiger charge is 2.49. The summed E-state index contributed by atoms with van der Waals surface area (Å²) in [5.41, 5.74) is 1.73. The molecule has 0 radical (unpaired) electrons. The Kier molecular flexibility index (Phi) is 3.68. The lowest BCUT2D eigenvalue weighted by molar-refractivity contribution is -0.157. The van der Waals surface area contributed by atoms with Crippen LogP contribution in [0.15, 0.2) is 10.5 Å². The molecule has 3 N–H and O–H groups in total. The van der Waals surface area contributed by atoms with Crippen molar-refractivity contribution in [2.24, 2.45) is 0 Å². The molecule has 1 amide bonds. The Bertz CT molecular complexity index is 763. The van der Waals surface area contributed by atoms with Crippen LogP contribution in [-0.2, 0) is 9.53 Å². The summed E-state index contributed by atoms with van der Waals surface area (Å²) in [7, 11) is 1.48. The average molecular weight is 320 g/mol. The zero-order valence-corrected chi connectivity index (χ0v) is 13.4. The van der Waals surface area contributed by atoms with E-state index in [4.69, 9.17) is 9.15 Å². The number of methoxy groups -OCH3 is 1. The number of carbonyl (C=O) groups is 2. The van der Waals surface area contributed by atoms with Gasteiger partial charge in [0.05, 0.1) is 11.1 Å². The molecule has 0 spiro atoms. The standard InChI is InChI=1S/C16H20N2O5/c1-8-9(2)23-11-7-10(17-12(8)11)14(19)18-13(15(20)21)16(22-3)5-4-6-16/h7,13,17H,4-6H2,1-3H3,(H,18,19)(H,20,21). The molecule has 124 valence electrons. The zero-order chi connectivity index (χ0) is 16.8. The number of fused-ring (bicyclic) bond motifs is 1. The van der Waals surface area contributed by atoms with Crippen molar-refractivity contribution in [3.8, 4) is 0 Å². The highest BCUT2D eigenvalue weighted by atomic mass is 16.5. The summed E-state index contributed by atoms with van der Waals surface area (Å²) in [6, 6.07) is 0.510. The van der Waals surface area contributed by atoms with Crippen LogP contribution >= 0.6 is 0 Å². The second-order valence-electron chi connectivity index (χ2n) is 6.07. The Morgan fingerprint density at radius 2 is 2.13 bits per heavy atom. The van der Waals surface area contributed by atoms with Crippen LogP contribution in [0, 0.1) is 13.8 Å². The third kappa shape index (κ3) is 2.41. The van der Waals surface area contributed by atoms with Gasteiger partial charge in [0, 0.05) is 18.7 Å². The van der Waals surface area contributed by atoms with E-state index in [0.717, 1.165) is 23.3 Å². The van der Waals surface area contributed by atoms with Crippen LogP contribution in [0.25, 0.3) is 11.1 Å². The van der Waals surface area contributed by atoms with Gasteiger partial charge >= 0.3 is 5.97 Å². The molecular weight excluding hydrogens is 300 g/mol. The SMILES string of the molecule is COC1(C(NC(=O)c2cc3oc(C)c(C)c3[nH]2)C(=O)O)CCC1. The second kappa shape index (κ2) is 5.42. The van der Waals surface area contributed by atoms with Gasteiger partial charge in [-0.3, -0.25) is 4.79 Å². The number of aromatic nitrogens is 1. The number of furan rings is 1. The predicted molar refractivity (Wildman–Crippen MR) is 82.5 cm³/mol. The first-order chi connectivity index (χ1) is 10.9. The van der Waals surface area contributed by atoms with Gasteiger partial charge in [-0.2, -0.15) is 0 Å². The van der Waals surface area contributed by atoms with Crippen LogP contribution in [0.1, 0.15) is 41.1 Å². The molecule has 1 aliphatic rings. The first kappa shape index (κ1) is 15.6. The molecule has 7 heteroatoms. The number of carbonyl (C=O) groups excluding carboxylic acids is 1. The van der Waals surface area contributed by atoms with Crippen LogP contribution in [0.4, 0.5) is 0 Å². The van der Waals surface area contributed by atoms with Crippen LogP contribution in [-0.4, -0.2) is 40.7 Å². The van der Waals surface area contributed by atoms with E-state index in [0.29, 0.717) is 18.4 Å². The van der Waals surface area contributed by atoms with Gasteiger partial charge in [0.2, 0.25) is 0 Å². The number of nitrogens with one attached hydrogen (secondary N) is 2. The molecule has 2 aromatic heterocycles. The molecule has 23 heavy (non-hydrogen) atoms. The molecule has 7 nitrogen and oxygen atoms in total. The highest BCUT2D eigenvalue weighted by molar-refractivity contribution is 5.99. The first-order valence-corrected chi connectivity index (χ1v) is 7.55. The molecule has 0 saturated heterocycles. The van der Waals surface area contributed by atoms with Crippen LogP contribution in [0.3, 0.4) is 0 Å². The Hall–Kier alpha value is -2.28. The molecule has 1 aliphatic carbocycles. The number of H-pyrrole nitrogens is 1. The molecular formula is C16H20N2O5. The van der Waals surface area contributed by atoms with Crippen molar-refractivity contribution in [1.82, 2.24) is 10.3 Å². The summed E-state index contributed by atoms with van der Waals surface area (Å²) < 4.78 is 10.9. The van der Waals surface area contributed by atoms with E-state index in [9.17, 15) is 14.7 Å². The number of hydrogen-bond acceptors (Lipinski definition) is 4. The van der Waals surface area contributed by atoms with Gasteiger partial charge in [-0.15, -0.1) is 0 Å². The summed E-state index contributed by atoms with van der Waals surface area (Å²) in [4.78, 5) is 27.0. The average Bonchev–Trinajstić information content (AvgIpc) is 2.98. The van der Waals surface area contributed by atoms with Crippen molar-refractivity contribution in [2.45, 2.75) is 44.8 Å². The van der Waals surface area contributed by atoms with E-state index in [-0.39, 0.29) is 5.69 Å². The Morgan fingerprint density at radius 1 is 1.43 bits per heavy atom. The lowest BCUT2D eigenvalue weighted by Gasteiger charge is -2.44. The number of amides is 1. The quantitative estimate of drug-likeness (QED) is 0.783. The number of carboxylic acid groups (broad SMARTS) is 1. The van der Waals surface area contributed by atoms with Gasteiger partial charge in [0.15, 0.2) is 11.6 Å². The molecule has 3 rings (SSSR count). The van der Waals surface area contributed by atoms with Gasteiger partial charge in [0.1, 0.15) is 11.5 Å². The van der Waals surface area contributed by atoms with E-state index < -0.39 is 23.5 Å². The number of rotatable bonds is 5. The monoisotopic (exact) mass is 320 g/mol. The molecule has 0 aliphatic heterocycles. The molecule has 0 bridgehead atoms. The third-order valence-electron chi connectivity index (χ3n) is 4.85. The molecule has 1 fully saturated rings. The Morgan fingerprint density at radius 3 is 2.61 bits per heavy atom. The number of aryl methyl sites for hydroxylation is 2. The van der Waals surface area contributed by atoms with Gasteiger partial charge in [-0.1, -0.05) is 0 Å². The minimum absolute atomic E-state index is 0.277. The lowest BCUT2D eigenvalue weighted by Crippen LogP contribution is -2.61. The highest BCUT2D eigenvalue weighted by Crippen LogP contribution is 2.38. The van der Waals surface area contributed by atoms with Crippen molar-refractivity contribution in [3.05, 3.63) is 23.1 Å². The van der Waals surface area contributed by atoms with Crippen LogP contribution < -0.4 is 5.32 Å². The lowest BCUT2D eigenvalue weighted by atomic mass is 9.74. The fraction of sp³-hybridized carbons (Fsp3) is 0.500. The molecule has 1 atom stereocenters. The molecule has 2 heterocycles. The third-order valence-corrected chi connectivity index (χ3v) is 4.85. The van der Waals surface area contributed by atoms with E-state index in [1.807, 2.05) is 13.8 Å². The number of aromatic amines is 1. The van der Waals surface area contributed by atoms with Crippen molar-refractivity contribution >= 4 is 23.0 Å². The minimum atomic E-state index is -1.10. The number of aliphatic carboxylic acids is 1. The van der Waals surface area contributed by atoms with Crippen LogP contribution in [0.2, 0.25) is 0 Å². The molecule has 1 saturated carbocycles. The largest absolute Gasteiger partial charge is 0.480 e. The predicted octanol–water partition coefficient (Wildman–Crippen LogP) is 2.13. The van der Waals surface area contributed by atoms with Crippen molar-refractivity contribution < 1.29 is 23.8 Å². The Balaban J connectivity index is 1.84. The zero-order valence-electron chi connectivity index (χ0n) is 13.4. The van der Waals surface area contributed by atoms with Gasteiger partial charge in [-0.05, 0) is 33.1 Å². The maximum absolute atomic E-state index is 12.4. The fourth-order valence-electron chi connectivity index (χ4n) is 3.10. The molecule has 0 aromatic carbocycles. The van der Waals surface area contributed by atoms with E-state index in [2.05, 4.69) is 10.3 Å². The second-order valence-corrected chi connectivity index (χ2v) is 6.07. The smallest absolute Gasteiger partial charge is 0.329 e. The summed E-state index contributed by atoms with van der Waals surface area (Å²) >= 11 is 0. The minimum Gasteiger partial charge on any atom is -0.480 e. The summed E-state index contributed by atoms with van der Waals surface area (Å²) in [6.07, 6.45) is 2.12. The van der Waals surface area contributed by atoms with E-state index in [1.54, 1.807) is 6.07 Å². The van der Waals surface area contributed by atoms with E-state index in [1.165, 1.54) is 7.11 Å². The van der Waals surface area contributed by atoms with Crippen LogP contribution in [0.5, 0.6) is 0 Å². The van der Waals surface area contributed by atoms with Gasteiger partial charge < -0.3 is 24.6 Å². The first-order valence-electron chi connectivity index (χ1n) is 7.55. The number of carboxylic acids is 1. The normalized spacial score (nSPS) is 17.7. The molecule has 1 unspecified atom stereocenters. The number of hydrogen-bond donors (Lipinski definition) is 3. The summed E-state index contributed by atoms with van der Waals surface area (Å²) in [5.74, 6) is -0.791. The van der Waals surface area contributed by atoms with Crippen molar-refractivity contribution in [1.29, 1.82) is 0 Å². The Labute approximate surface area is 133 Å².